The molecule has 5 heteroatoms. The summed E-state index contributed by atoms with van der Waals surface area (Å²) in [6.45, 7) is 3.22. The third-order valence-corrected chi connectivity index (χ3v) is 4.53. The van der Waals surface area contributed by atoms with E-state index in [0.717, 1.165) is 18.4 Å². The molecule has 0 aromatic heterocycles. The molecule has 152 valence electrons. The molecule has 27 heavy (non-hydrogen) atoms. The second-order valence-corrected chi connectivity index (χ2v) is 6.99. The number of benzene rings is 1. The Morgan fingerprint density at radius 2 is 1.59 bits per heavy atom. The van der Waals surface area contributed by atoms with Gasteiger partial charge in [0.2, 0.25) is 5.91 Å². The number of ether oxygens (including phenoxy) is 1. The summed E-state index contributed by atoms with van der Waals surface area (Å²) in [5, 5.41) is 11.9. The minimum absolute atomic E-state index is 0.190. The molecule has 0 aliphatic carbocycles. The van der Waals surface area contributed by atoms with Gasteiger partial charge in [-0.25, -0.2) is 4.79 Å². The Kier molecular flexibility index (Phi) is 13.0. The summed E-state index contributed by atoms with van der Waals surface area (Å²) in [6.07, 6.45) is 10.5. The minimum Gasteiger partial charge on any atom is -0.480 e. The number of rotatable bonds is 16. The molecular formula is C22H35NO4. The number of carbonyl (C=O) groups excluding carboxylic acids is 1. The summed E-state index contributed by atoms with van der Waals surface area (Å²) < 4.78 is 5.50. The zero-order valence-corrected chi connectivity index (χ0v) is 16.6. The lowest BCUT2D eigenvalue weighted by Crippen LogP contribution is -2.42. The van der Waals surface area contributed by atoms with Gasteiger partial charge in [-0.1, -0.05) is 82.2 Å². The van der Waals surface area contributed by atoms with Crippen molar-refractivity contribution in [3.05, 3.63) is 35.9 Å². The second kappa shape index (κ2) is 15.2. The number of carbonyl (C=O) groups is 2. The first-order chi connectivity index (χ1) is 13.1. The summed E-state index contributed by atoms with van der Waals surface area (Å²) in [7, 11) is 0. The second-order valence-electron chi connectivity index (χ2n) is 6.99. The molecule has 0 bridgehead atoms. The number of aliphatic carboxylic acids is 1. The SMILES string of the molecule is CCCCCCCCCCOCCC(=O)N[C@@H](Cc1ccccc1)C(=O)O. The van der Waals surface area contributed by atoms with Gasteiger partial charge >= 0.3 is 5.97 Å². The molecule has 0 unspecified atom stereocenters. The van der Waals surface area contributed by atoms with Gasteiger partial charge in [0.25, 0.3) is 0 Å². The molecule has 0 spiro atoms. The normalized spacial score (nSPS) is 11.9. The summed E-state index contributed by atoms with van der Waals surface area (Å²) in [4.78, 5) is 23.3. The van der Waals surface area contributed by atoms with Crippen molar-refractivity contribution < 1.29 is 19.4 Å². The van der Waals surface area contributed by atoms with Gasteiger partial charge < -0.3 is 15.2 Å². The molecule has 1 aromatic carbocycles. The molecule has 0 radical (unpaired) electrons. The van der Waals surface area contributed by atoms with Crippen LogP contribution in [-0.2, 0) is 20.7 Å². The van der Waals surface area contributed by atoms with E-state index >= 15 is 0 Å². The van der Waals surface area contributed by atoms with Crippen LogP contribution < -0.4 is 5.32 Å². The molecule has 0 aliphatic rings. The van der Waals surface area contributed by atoms with Crippen molar-refractivity contribution in [3.63, 3.8) is 0 Å². The van der Waals surface area contributed by atoms with Crippen LogP contribution in [0, 0.1) is 0 Å². The Bertz CT molecular complexity index is 518. The van der Waals surface area contributed by atoms with Crippen LogP contribution in [-0.4, -0.2) is 36.2 Å². The number of carboxylic acid groups (broad SMARTS) is 1. The Morgan fingerprint density at radius 3 is 2.22 bits per heavy atom. The zero-order chi connectivity index (χ0) is 19.7. The Morgan fingerprint density at radius 1 is 0.963 bits per heavy atom. The standard InChI is InChI=1S/C22H35NO4/c1-2-3-4-5-6-7-8-12-16-27-17-15-21(24)23-20(22(25)26)18-19-13-10-9-11-14-19/h9-11,13-14,20H,2-8,12,15-18H2,1H3,(H,23,24)(H,25,26)/t20-/m0/s1. The van der Waals surface area contributed by atoms with E-state index in [2.05, 4.69) is 12.2 Å². The highest BCUT2D eigenvalue weighted by atomic mass is 16.5. The number of hydrogen-bond acceptors (Lipinski definition) is 3. The minimum atomic E-state index is -1.02. The topological polar surface area (TPSA) is 75.6 Å². The van der Waals surface area contributed by atoms with Gasteiger partial charge in [0.15, 0.2) is 0 Å². The average molecular weight is 378 g/mol. The van der Waals surface area contributed by atoms with Crippen LogP contribution in [0.2, 0.25) is 0 Å². The molecule has 1 rings (SSSR count). The van der Waals surface area contributed by atoms with Crippen LogP contribution in [0.25, 0.3) is 0 Å². The fourth-order valence-corrected chi connectivity index (χ4v) is 2.92. The van der Waals surface area contributed by atoms with Crippen LogP contribution >= 0.6 is 0 Å². The van der Waals surface area contributed by atoms with Crippen LogP contribution in [0.4, 0.5) is 0 Å². The van der Waals surface area contributed by atoms with E-state index in [0.29, 0.717) is 13.2 Å². The number of unbranched alkanes of at least 4 members (excludes halogenated alkanes) is 7. The first kappa shape index (κ1) is 23.2. The van der Waals surface area contributed by atoms with E-state index in [9.17, 15) is 14.7 Å². The van der Waals surface area contributed by atoms with E-state index in [4.69, 9.17) is 4.74 Å². The van der Waals surface area contributed by atoms with Gasteiger partial charge in [-0.05, 0) is 12.0 Å². The lowest BCUT2D eigenvalue weighted by molar-refractivity contribution is -0.142. The van der Waals surface area contributed by atoms with E-state index in [1.165, 1.54) is 38.5 Å². The van der Waals surface area contributed by atoms with Gasteiger partial charge in [-0.2, -0.15) is 0 Å². The summed E-state index contributed by atoms with van der Waals surface area (Å²) in [6, 6.07) is 8.39. The maximum absolute atomic E-state index is 12.0. The lowest BCUT2D eigenvalue weighted by Gasteiger charge is -2.14. The fourth-order valence-electron chi connectivity index (χ4n) is 2.92. The number of hydrogen-bond donors (Lipinski definition) is 2. The Balaban J connectivity index is 2.07. The largest absolute Gasteiger partial charge is 0.480 e. The smallest absolute Gasteiger partial charge is 0.326 e. The highest BCUT2D eigenvalue weighted by molar-refractivity contribution is 5.83. The van der Waals surface area contributed by atoms with E-state index in [-0.39, 0.29) is 18.7 Å². The molecule has 0 heterocycles. The van der Waals surface area contributed by atoms with Crippen LogP contribution in [0.5, 0.6) is 0 Å². The average Bonchev–Trinajstić information content (AvgIpc) is 2.66. The van der Waals surface area contributed by atoms with Crippen molar-refractivity contribution in [2.24, 2.45) is 0 Å². The lowest BCUT2D eigenvalue weighted by atomic mass is 10.1. The summed E-state index contributed by atoms with van der Waals surface area (Å²) in [5.41, 5.74) is 0.885. The van der Waals surface area contributed by atoms with Crippen molar-refractivity contribution in [2.45, 2.75) is 77.2 Å². The van der Waals surface area contributed by atoms with Crippen LogP contribution in [0.3, 0.4) is 0 Å². The van der Waals surface area contributed by atoms with Crippen LogP contribution in [0.15, 0.2) is 30.3 Å². The predicted octanol–water partition coefficient (Wildman–Crippen LogP) is 4.35. The van der Waals surface area contributed by atoms with Gasteiger partial charge in [0.1, 0.15) is 6.04 Å². The molecule has 1 atom stereocenters. The van der Waals surface area contributed by atoms with E-state index < -0.39 is 12.0 Å². The molecule has 1 amide bonds. The summed E-state index contributed by atoms with van der Waals surface area (Å²) in [5.74, 6) is -1.30. The zero-order valence-electron chi connectivity index (χ0n) is 16.6. The monoisotopic (exact) mass is 377 g/mol. The molecule has 1 aromatic rings. The van der Waals surface area contributed by atoms with E-state index in [1.807, 2.05) is 30.3 Å². The van der Waals surface area contributed by atoms with Gasteiger partial charge in [0, 0.05) is 19.4 Å². The van der Waals surface area contributed by atoms with E-state index in [1.54, 1.807) is 0 Å². The maximum Gasteiger partial charge on any atom is 0.326 e. The molecule has 5 nitrogen and oxygen atoms in total. The predicted molar refractivity (Wildman–Crippen MR) is 108 cm³/mol. The molecule has 2 N–H and O–H groups in total. The number of amides is 1. The van der Waals surface area contributed by atoms with Crippen molar-refractivity contribution >= 4 is 11.9 Å². The molecule has 0 aliphatic heterocycles. The first-order valence-electron chi connectivity index (χ1n) is 10.3. The number of nitrogens with one attached hydrogen (secondary N) is 1. The van der Waals surface area contributed by atoms with Crippen molar-refractivity contribution in [1.29, 1.82) is 0 Å². The van der Waals surface area contributed by atoms with Gasteiger partial charge in [0.05, 0.1) is 6.61 Å². The number of carboxylic acids is 1. The molecule has 0 fully saturated rings. The fraction of sp³-hybridized carbons (Fsp3) is 0.636. The highest BCUT2D eigenvalue weighted by Gasteiger charge is 2.20. The first-order valence-corrected chi connectivity index (χ1v) is 10.3. The molecular weight excluding hydrogens is 342 g/mol. The third-order valence-electron chi connectivity index (χ3n) is 4.53. The van der Waals surface area contributed by atoms with Crippen LogP contribution in [0.1, 0.15) is 70.3 Å². The third kappa shape index (κ3) is 12.2. The van der Waals surface area contributed by atoms with Gasteiger partial charge in [-0.15, -0.1) is 0 Å². The summed E-state index contributed by atoms with van der Waals surface area (Å²) >= 11 is 0. The van der Waals surface area contributed by atoms with Crippen molar-refractivity contribution in [1.82, 2.24) is 5.32 Å². The van der Waals surface area contributed by atoms with Crippen molar-refractivity contribution in [2.75, 3.05) is 13.2 Å². The highest BCUT2D eigenvalue weighted by Crippen LogP contribution is 2.08. The van der Waals surface area contributed by atoms with Crippen molar-refractivity contribution in [3.8, 4) is 0 Å². The van der Waals surface area contributed by atoms with Gasteiger partial charge in [-0.3, -0.25) is 4.79 Å². The maximum atomic E-state index is 12.0. The Hall–Kier alpha value is -1.88. The Labute approximate surface area is 163 Å². The quantitative estimate of drug-likeness (QED) is 0.420. The molecule has 0 saturated heterocycles. The molecule has 0 saturated carbocycles.